The Morgan fingerprint density at radius 2 is 1.70 bits per heavy atom. The van der Waals surface area contributed by atoms with Gasteiger partial charge in [-0.25, -0.2) is 8.42 Å². The molecule has 0 fully saturated rings. The van der Waals surface area contributed by atoms with Crippen molar-refractivity contribution in [3.63, 3.8) is 0 Å². The summed E-state index contributed by atoms with van der Waals surface area (Å²) in [5, 5.41) is 3.32. The first-order valence-electron chi connectivity index (χ1n) is 8.65. The highest BCUT2D eigenvalue weighted by atomic mass is 35.5. The summed E-state index contributed by atoms with van der Waals surface area (Å²) in [5.74, 6) is 0.246. The van der Waals surface area contributed by atoms with Gasteiger partial charge in [0.15, 0.2) is 15.4 Å². The van der Waals surface area contributed by atoms with Gasteiger partial charge in [-0.2, -0.15) is 0 Å². The van der Waals surface area contributed by atoms with Gasteiger partial charge in [-0.05, 0) is 50.1 Å². The lowest BCUT2D eigenvalue weighted by Crippen LogP contribution is -2.47. The predicted octanol–water partition coefficient (Wildman–Crippen LogP) is 3.62. The molecule has 5 nitrogen and oxygen atoms in total. The van der Waals surface area contributed by atoms with Crippen LogP contribution in [-0.2, 0) is 20.4 Å². The second-order valence-corrected chi connectivity index (χ2v) is 9.37. The lowest BCUT2D eigenvalue weighted by molar-refractivity contribution is -0.134. The molecule has 0 aliphatic heterocycles. The van der Waals surface area contributed by atoms with Crippen LogP contribution in [0, 0.1) is 0 Å². The Hall–Kier alpha value is -2.05. The molecule has 0 aliphatic carbocycles. The van der Waals surface area contributed by atoms with Gasteiger partial charge in [0.05, 0.1) is 11.5 Å². The first kappa shape index (κ1) is 21.3. The molecule has 1 amide bonds. The van der Waals surface area contributed by atoms with Crippen LogP contribution in [0.1, 0.15) is 25.8 Å². The number of carbonyl (C=O) groups is 1. The molecule has 0 aromatic heterocycles. The van der Waals surface area contributed by atoms with Crippen molar-refractivity contribution in [3.05, 3.63) is 65.2 Å². The Labute approximate surface area is 165 Å². The van der Waals surface area contributed by atoms with E-state index in [1.54, 1.807) is 50.2 Å². The van der Waals surface area contributed by atoms with Crippen molar-refractivity contribution >= 4 is 27.3 Å². The summed E-state index contributed by atoms with van der Waals surface area (Å²) in [4.78, 5) is 12.3. The third-order valence-corrected chi connectivity index (χ3v) is 5.82. The van der Waals surface area contributed by atoms with Crippen molar-refractivity contribution in [2.24, 2.45) is 0 Å². The van der Waals surface area contributed by atoms with Crippen LogP contribution in [0.15, 0.2) is 54.6 Å². The maximum atomic E-state index is 12.3. The van der Waals surface area contributed by atoms with Gasteiger partial charge in [0.1, 0.15) is 5.75 Å². The fraction of sp³-hybridized carbons (Fsp3) is 0.350. The van der Waals surface area contributed by atoms with Crippen molar-refractivity contribution in [2.75, 3.05) is 12.3 Å². The maximum absolute atomic E-state index is 12.3. The van der Waals surface area contributed by atoms with Crippen LogP contribution < -0.4 is 10.1 Å². The molecule has 7 heteroatoms. The molecule has 0 spiro atoms. The molecule has 2 rings (SSSR count). The van der Waals surface area contributed by atoms with Crippen LogP contribution in [0.5, 0.6) is 5.75 Å². The highest BCUT2D eigenvalue weighted by molar-refractivity contribution is 7.90. The molecule has 0 radical (unpaired) electrons. The van der Waals surface area contributed by atoms with Gasteiger partial charge >= 0.3 is 0 Å². The van der Waals surface area contributed by atoms with Gasteiger partial charge in [-0.3, -0.25) is 4.79 Å². The summed E-state index contributed by atoms with van der Waals surface area (Å²) in [5.41, 5.74) is -0.324. The fourth-order valence-electron chi connectivity index (χ4n) is 2.45. The third kappa shape index (κ3) is 7.23. The average Bonchev–Trinajstić information content (AvgIpc) is 2.61. The minimum Gasteiger partial charge on any atom is -0.478 e. The standard InChI is InChI=1S/C20H24ClNO4S/c1-20(2,26-18-11-9-17(21)10-12-18)19(23)22-13-6-14-27(24,25)15-16-7-4-3-5-8-16/h3-5,7-12H,6,13-15H2,1-2H3,(H,22,23). The van der Waals surface area contributed by atoms with Crippen molar-refractivity contribution in [3.8, 4) is 5.75 Å². The number of amides is 1. The summed E-state index contributed by atoms with van der Waals surface area (Å²) in [6.45, 7) is 3.58. The summed E-state index contributed by atoms with van der Waals surface area (Å²) >= 11 is 5.83. The fourth-order valence-corrected chi connectivity index (χ4v) is 4.01. The number of benzene rings is 2. The SMILES string of the molecule is CC(C)(Oc1ccc(Cl)cc1)C(=O)NCCCS(=O)(=O)Cc1ccccc1. The minimum absolute atomic E-state index is 0.00690. The highest BCUT2D eigenvalue weighted by Gasteiger charge is 2.29. The number of ether oxygens (including phenoxy) is 1. The molecule has 0 atom stereocenters. The van der Waals surface area contributed by atoms with Gasteiger partial charge in [-0.1, -0.05) is 41.9 Å². The average molecular weight is 410 g/mol. The molecule has 2 aromatic rings. The second kappa shape index (κ2) is 9.24. The minimum atomic E-state index is -3.22. The topological polar surface area (TPSA) is 72.5 Å². The van der Waals surface area contributed by atoms with Crippen LogP contribution in [0.3, 0.4) is 0 Å². The molecule has 0 unspecified atom stereocenters. The number of hydrogen-bond acceptors (Lipinski definition) is 4. The number of halogens is 1. The molecule has 146 valence electrons. The summed E-state index contributed by atoms with van der Waals surface area (Å²) in [6, 6.07) is 15.8. The molecule has 0 heterocycles. The summed E-state index contributed by atoms with van der Waals surface area (Å²) in [7, 11) is -3.22. The molecular formula is C20H24ClNO4S. The molecule has 0 saturated carbocycles. The van der Waals surface area contributed by atoms with Crippen LogP contribution in [0.25, 0.3) is 0 Å². The Morgan fingerprint density at radius 1 is 1.07 bits per heavy atom. The number of carbonyl (C=O) groups excluding carboxylic acids is 1. The molecular weight excluding hydrogens is 386 g/mol. The zero-order valence-corrected chi connectivity index (χ0v) is 17.0. The van der Waals surface area contributed by atoms with E-state index in [0.717, 1.165) is 5.56 Å². The van der Waals surface area contributed by atoms with E-state index in [-0.39, 0.29) is 24.0 Å². The normalized spacial score (nSPS) is 11.8. The summed E-state index contributed by atoms with van der Waals surface area (Å²) < 4.78 is 30.0. The van der Waals surface area contributed by atoms with Crippen molar-refractivity contribution < 1.29 is 17.9 Å². The number of hydrogen-bond donors (Lipinski definition) is 1. The van der Waals surface area contributed by atoms with Gasteiger partial charge in [0.25, 0.3) is 5.91 Å². The monoisotopic (exact) mass is 409 g/mol. The first-order chi connectivity index (χ1) is 12.7. The Bertz CT molecular complexity index is 849. The summed E-state index contributed by atoms with van der Waals surface area (Å²) in [6.07, 6.45) is 0.345. The van der Waals surface area contributed by atoms with Gasteiger partial charge < -0.3 is 10.1 Å². The predicted molar refractivity (Wildman–Crippen MR) is 108 cm³/mol. The Morgan fingerprint density at radius 3 is 2.33 bits per heavy atom. The molecule has 0 saturated heterocycles. The molecule has 0 bridgehead atoms. The van der Waals surface area contributed by atoms with E-state index in [0.29, 0.717) is 17.2 Å². The number of sulfone groups is 1. The van der Waals surface area contributed by atoms with Crippen molar-refractivity contribution in [1.82, 2.24) is 5.32 Å². The Balaban J connectivity index is 1.78. The smallest absolute Gasteiger partial charge is 0.263 e. The molecule has 0 aliphatic rings. The van der Waals surface area contributed by atoms with Crippen LogP contribution in [-0.4, -0.2) is 32.2 Å². The van der Waals surface area contributed by atoms with Crippen molar-refractivity contribution in [2.45, 2.75) is 31.6 Å². The van der Waals surface area contributed by atoms with E-state index >= 15 is 0 Å². The van der Waals surface area contributed by atoms with E-state index in [1.165, 1.54) is 0 Å². The van der Waals surface area contributed by atoms with Gasteiger partial charge in [-0.15, -0.1) is 0 Å². The van der Waals surface area contributed by atoms with E-state index in [2.05, 4.69) is 5.32 Å². The zero-order valence-electron chi connectivity index (χ0n) is 15.4. The van der Waals surface area contributed by atoms with Gasteiger partial charge in [0.2, 0.25) is 0 Å². The largest absolute Gasteiger partial charge is 0.478 e. The van der Waals surface area contributed by atoms with E-state index < -0.39 is 15.4 Å². The van der Waals surface area contributed by atoms with Crippen LogP contribution in [0.4, 0.5) is 0 Å². The zero-order chi connectivity index (χ0) is 19.9. The molecule has 1 N–H and O–H groups in total. The highest BCUT2D eigenvalue weighted by Crippen LogP contribution is 2.21. The van der Waals surface area contributed by atoms with E-state index in [9.17, 15) is 13.2 Å². The molecule has 27 heavy (non-hydrogen) atoms. The third-order valence-electron chi connectivity index (χ3n) is 3.88. The number of rotatable bonds is 9. The Kier molecular flexibility index (Phi) is 7.27. The second-order valence-electron chi connectivity index (χ2n) is 6.75. The molecule has 2 aromatic carbocycles. The first-order valence-corrected chi connectivity index (χ1v) is 10.9. The van der Waals surface area contributed by atoms with Crippen LogP contribution >= 0.6 is 11.6 Å². The number of nitrogens with one attached hydrogen (secondary N) is 1. The van der Waals surface area contributed by atoms with E-state index in [4.69, 9.17) is 16.3 Å². The lowest BCUT2D eigenvalue weighted by Gasteiger charge is -2.25. The van der Waals surface area contributed by atoms with E-state index in [1.807, 2.05) is 18.2 Å². The lowest BCUT2D eigenvalue weighted by atomic mass is 10.1. The maximum Gasteiger partial charge on any atom is 0.263 e. The van der Waals surface area contributed by atoms with Gasteiger partial charge in [0, 0.05) is 11.6 Å². The quantitative estimate of drug-likeness (QED) is 0.642. The van der Waals surface area contributed by atoms with Crippen LogP contribution in [0.2, 0.25) is 5.02 Å². The van der Waals surface area contributed by atoms with Crippen molar-refractivity contribution in [1.29, 1.82) is 0 Å².